The summed E-state index contributed by atoms with van der Waals surface area (Å²) >= 11 is 1.30. The first kappa shape index (κ1) is 22.6. The largest absolute Gasteiger partial charge is 1.00 e. The van der Waals surface area contributed by atoms with Crippen molar-refractivity contribution in [3.05, 3.63) is 46.7 Å². The van der Waals surface area contributed by atoms with E-state index in [1.165, 1.54) is 11.8 Å². The maximum Gasteiger partial charge on any atom is 1.00 e. The number of benzene rings is 1. The molecule has 3 rings (SSSR count). The summed E-state index contributed by atoms with van der Waals surface area (Å²) in [7, 11) is 0. The third-order valence-electron chi connectivity index (χ3n) is 4.44. The molecule has 1 aromatic carbocycles. The number of aliphatic hydroxyl groups excluding tert-OH is 1. The van der Waals surface area contributed by atoms with Gasteiger partial charge in [0.25, 0.3) is 5.91 Å². The standard InChI is InChI=1S/C17H19N3O5S.K/c18-6-10-4-2-1-3-9(10)5-12(22)19-13-15(23)20-14(17(24)25)11(7-21)8-26-16(13)20;/h1-4,13,16,21H,5-8,18H2,(H,19,22)(H,24,25);/q;+1/p-1/t13?,16-;/m1./s1. The van der Waals surface area contributed by atoms with Crippen molar-refractivity contribution in [2.24, 2.45) is 5.73 Å². The molecule has 10 heteroatoms. The number of carboxylic acid groups (broad SMARTS) is 1. The number of fused-ring (bicyclic) bond motifs is 1. The summed E-state index contributed by atoms with van der Waals surface area (Å²) in [6, 6.07) is 6.48. The summed E-state index contributed by atoms with van der Waals surface area (Å²) in [4.78, 5) is 37.1. The van der Waals surface area contributed by atoms with Gasteiger partial charge in [0.2, 0.25) is 5.91 Å². The first-order valence-corrected chi connectivity index (χ1v) is 9.08. The van der Waals surface area contributed by atoms with Crippen molar-refractivity contribution in [1.29, 1.82) is 0 Å². The van der Waals surface area contributed by atoms with Crippen LogP contribution in [0, 0.1) is 0 Å². The number of amides is 2. The molecule has 0 aromatic heterocycles. The zero-order valence-corrected chi connectivity index (χ0v) is 18.7. The molecule has 0 spiro atoms. The fourth-order valence-corrected chi connectivity index (χ4v) is 4.46. The van der Waals surface area contributed by atoms with E-state index in [4.69, 9.17) is 5.73 Å². The molecule has 2 amide bonds. The molecule has 0 aliphatic carbocycles. The molecule has 1 aromatic rings. The number of nitrogens with one attached hydrogen (secondary N) is 1. The molecule has 2 heterocycles. The van der Waals surface area contributed by atoms with E-state index in [1.54, 1.807) is 6.07 Å². The molecule has 1 saturated heterocycles. The van der Waals surface area contributed by atoms with E-state index in [0.29, 0.717) is 6.54 Å². The molecule has 0 saturated carbocycles. The van der Waals surface area contributed by atoms with Gasteiger partial charge in [0, 0.05) is 12.3 Å². The van der Waals surface area contributed by atoms with Gasteiger partial charge in [-0.05, 0) is 16.7 Å². The van der Waals surface area contributed by atoms with Gasteiger partial charge in [-0.1, -0.05) is 24.3 Å². The summed E-state index contributed by atoms with van der Waals surface area (Å²) in [5.74, 6) is -2.10. The predicted molar refractivity (Wildman–Crippen MR) is 92.2 cm³/mol. The molecule has 1 fully saturated rings. The minimum atomic E-state index is -1.51. The number of hydrogen-bond acceptors (Lipinski definition) is 7. The Hall–Kier alpha value is -0.724. The topological polar surface area (TPSA) is 136 Å². The Morgan fingerprint density at radius 3 is 2.59 bits per heavy atom. The Balaban J connectivity index is 0.00000261. The van der Waals surface area contributed by atoms with Crippen LogP contribution in [0.3, 0.4) is 0 Å². The van der Waals surface area contributed by atoms with E-state index in [-0.39, 0.29) is 80.7 Å². The van der Waals surface area contributed by atoms with E-state index >= 15 is 0 Å². The van der Waals surface area contributed by atoms with Crippen LogP contribution in [-0.4, -0.2) is 51.6 Å². The van der Waals surface area contributed by atoms with Crippen molar-refractivity contribution >= 4 is 29.5 Å². The molecule has 2 atom stereocenters. The number of carboxylic acids is 1. The number of hydrogen-bond donors (Lipinski definition) is 3. The minimum absolute atomic E-state index is 0. The van der Waals surface area contributed by atoms with E-state index < -0.39 is 29.9 Å². The summed E-state index contributed by atoms with van der Waals surface area (Å²) < 4.78 is 0. The molecule has 2 aliphatic rings. The first-order chi connectivity index (χ1) is 12.5. The van der Waals surface area contributed by atoms with Gasteiger partial charge in [0.1, 0.15) is 11.4 Å². The molecular formula is C17H18KN3O5S. The second-order valence-corrected chi connectivity index (χ2v) is 7.11. The van der Waals surface area contributed by atoms with Crippen LogP contribution in [0.5, 0.6) is 0 Å². The maximum atomic E-state index is 12.4. The number of aliphatic hydroxyl groups is 1. The van der Waals surface area contributed by atoms with Crippen molar-refractivity contribution in [3.8, 4) is 0 Å². The average molecular weight is 416 g/mol. The van der Waals surface area contributed by atoms with Crippen molar-refractivity contribution in [3.63, 3.8) is 0 Å². The number of carbonyl (C=O) groups excluding carboxylic acids is 3. The monoisotopic (exact) mass is 415 g/mol. The number of nitrogens with two attached hydrogens (primary N) is 1. The summed E-state index contributed by atoms with van der Waals surface area (Å²) in [6.45, 7) is -0.151. The van der Waals surface area contributed by atoms with E-state index in [9.17, 15) is 24.6 Å². The number of carbonyl (C=O) groups is 3. The SMILES string of the molecule is NCc1ccccc1CC(=O)NC1C(=O)N2C(C(=O)[O-])=C(CO)CS[C@H]12.[K+]. The van der Waals surface area contributed by atoms with Crippen LogP contribution in [0.1, 0.15) is 11.1 Å². The van der Waals surface area contributed by atoms with Gasteiger partial charge in [0.15, 0.2) is 0 Å². The van der Waals surface area contributed by atoms with Gasteiger partial charge in [-0.3, -0.25) is 14.5 Å². The maximum absolute atomic E-state index is 12.4. The third kappa shape index (κ3) is 4.48. The minimum Gasteiger partial charge on any atom is -0.543 e. The van der Waals surface area contributed by atoms with Gasteiger partial charge in [-0.2, -0.15) is 0 Å². The van der Waals surface area contributed by atoms with E-state index in [0.717, 1.165) is 16.0 Å². The Morgan fingerprint density at radius 2 is 2.00 bits per heavy atom. The Morgan fingerprint density at radius 1 is 1.33 bits per heavy atom. The van der Waals surface area contributed by atoms with Gasteiger partial charge >= 0.3 is 51.4 Å². The molecule has 8 nitrogen and oxygen atoms in total. The second kappa shape index (κ2) is 9.66. The van der Waals surface area contributed by atoms with Crippen LogP contribution in [-0.2, 0) is 27.3 Å². The number of aliphatic carboxylic acids is 1. The van der Waals surface area contributed by atoms with Crippen LogP contribution >= 0.6 is 11.8 Å². The molecule has 2 aliphatic heterocycles. The van der Waals surface area contributed by atoms with Crippen LogP contribution in [0.4, 0.5) is 0 Å². The van der Waals surface area contributed by atoms with Crippen LogP contribution < -0.4 is 67.5 Å². The van der Waals surface area contributed by atoms with Gasteiger partial charge in [-0.15, -0.1) is 11.8 Å². The molecule has 4 N–H and O–H groups in total. The molecular weight excluding hydrogens is 397 g/mol. The quantitative estimate of drug-likeness (QED) is 0.313. The van der Waals surface area contributed by atoms with E-state index in [1.807, 2.05) is 18.2 Å². The Kier molecular flexibility index (Phi) is 8.07. The van der Waals surface area contributed by atoms with Crippen LogP contribution in [0.25, 0.3) is 0 Å². The van der Waals surface area contributed by atoms with Crippen LogP contribution in [0.2, 0.25) is 0 Å². The molecule has 138 valence electrons. The zero-order valence-electron chi connectivity index (χ0n) is 14.8. The Bertz CT molecular complexity index is 801. The normalized spacial score (nSPS) is 21.1. The van der Waals surface area contributed by atoms with E-state index in [2.05, 4.69) is 5.32 Å². The molecule has 1 unspecified atom stereocenters. The average Bonchev–Trinajstić information content (AvgIpc) is 2.65. The second-order valence-electron chi connectivity index (χ2n) is 6.00. The fourth-order valence-electron chi connectivity index (χ4n) is 3.12. The molecule has 0 bridgehead atoms. The number of nitrogens with zero attached hydrogens (tertiary/aromatic N) is 1. The van der Waals surface area contributed by atoms with Gasteiger partial charge in [-0.25, -0.2) is 0 Å². The number of β-lactam (4-membered cyclic amide) rings is 1. The third-order valence-corrected chi connectivity index (χ3v) is 5.78. The molecule has 27 heavy (non-hydrogen) atoms. The first-order valence-electron chi connectivity index (χ1n) is 8.03. The summed E-state index contributed by atoms with van der Waals surface area (Å²) in [5, 5.41) is 22.7. The number of rotatable bonds is 6. The Labute approximate surface area is 203 Å². The van der Waals surface area contributed by atoms with Gasteiger partial charge < -0.3 is 26.1 Å². The number of thioether (sulfide) groups is 1. The molecule has 0 radical (unpaired) electrons. The van der Waals surface area contributed by atoms with Crippen molar-refractivity contribution in [1.82, 2.24) is 10.2 Å². The van der Waals surface area contributed by atoms with Crippen molar-refractivity contribution in [2.45, 2.75) is 24.4 Å². The van der Waals surface area contributed by atoms with Crippen molar-refractivity contribution < 1.29 is 76.0 Å². The smallest absolute Gasteiger partial charge is 0.543 e. The fraction of sp³-hybridized carbons (Fsp3) is 0.353. The van der Waals surface area contributed by atoms with Gasteiger partial charge in [0.05, 0.1) is 24.7 Å². The summed E-state index contributed by atoms with van der Waals surface area (Å²) in [5.41, 5.74) is 7.24. The summed E-state index contributed by atoms with van der Waals surface area (Å²) in [6.07, 6.45) is 0.0829. The predicted octanol–water partition coefficient (Wildman–Crippen LogP) is -4.91. The zero-order chi connectivity index (χ0) is 18.8. The van der Waals surface area contributed by atoms with Crippen LogP contribution in [0.15, 0.2) is 35.5 Å². The van der Waals surface area contributed by atoms with Crippen molar-refractivity contribution in [2.75, 3.05) is 12.4 Å².